The number of thioether (sulfide) groups is 1. The van der Waals surface area contributed by atoms with Gasteiger partial charge in [0.05, 0.1) is 24.1 Å². The second-order valence-corrected chi connectivity index (χ2v) is 9.14. The second-order valence-electron chi connectivity index (χ2n) is 7.76. The molecule has 2 aromatic carbocycles. The van der Waals surface area contributed by atoms with Crippen molar-refractivity contribution < 1.29 is 13.9 Å². The minimum Gasteiger partial charge on any atom is -0.376 e. The second kappa shape index (κ2) is 9.54. The average molecular weight is 486 g/mol. The van der Waals surface area contributed by atoms with Gasteiger partial charge in [-0.3, -0.25) is 9.36 Å². The zero-order valence-corrected chi connectivity index (χ0v) is 19.1. The molecular weight excluding hydrogens is 465 g/mol. The highest BCUT2D eigenvalue weighted by Crippen LogP contribution is 2.31. The summed E-state index contributed by atoms with van der Waals surface area (Å²) in [7, 11) is 0. The molecule has 0 spiro atoms. The van der Waals surface area contributed by atoms with Crippen molar-refractivity contribution in [1.29, 1.82) is 0 Å². The van der Waals surface area contributed by atoms with E-state index in [9.17, 15) is 9.18 Å². The van der Waals surface area contributed by atoms with Crippen molar-refractivity contribution in [2.24, 2.45) is 0 Å². The van der Waals surface area contributed by atoms with Crippen LogP contribution in [0, 0.1) is 5.82 Å². The summed E-state index contributed by atoms with van der Waals surface area (Å²) in [5, 5.41) is 13.3. The topological polar surface area (TPSA) is 84.8 Å². The van der Waals surface area contributed by atoms with Crippen LogP contribution < -0.4 is 5.32 Å². The van der Waals surface area contributed by atoms with Crippen LogP contribution in [0.15, 0.2) is 53.8 Å². The molecule has 10 heteroatoms. The Hall–Kier alpha value is -2.88. The van der Waals surface area contributed by atoms with E-state index >= 15 is 0 Å². The maximum absolute atomic E-state index is 14.0. The lowest BCUT2D eigenvalue weighted by atomic mass is 10.1. The van der Waals surface area contributed by atoms with Crippen LogP contribution in [0.1, 0.15) is 12.8 Å². The van der Waals surface area contributed by atoms with Gasteiger partial charge in [0, 0.05) is 34.3 Å². The molecule has 4 aromatic rings. The lowest BCUT2D eigenvalue weighted by molar-refractivity contribution is -0.113. The summed E-state index contributed by atoms with van der Waals surface area (Å²) in [6.45, 7) is 1.34. The van der Waals surface area contributed by atoms with Gasteiger partial charge in [0.2, 0.25) is 5.91 Å². The van der Waals surface area contributed by atoms with E-state index in [1.807, 2.05) is 35.0 Å². The van der Waals surface area contributed by atoms with Crippen LogP contribution in [0.25, 0.3) is 22.3 Å². The Kier molecular flexibility index (Phi) is 6.34. The van der Waals surface area contributed by atoms with E-state index in [2.05, 4.69) is 20.5 Å². The summed E-state index contributed by atoms with van der Waals surface area (Å²) in [5.41, 5.74) is 2.04. The number of nitrogens with zero attached hydrogens (tertiary/aromatic N) is 3. The molecule has 1 aliphatic heterocycles. The highest BCUT2D eigenvalue weighted by Gasteiger charge is 2.23. The van der Waals surface area contributed by atoms with Crippen LogP contribution >= 0.6 is 23.4 Å². The Morgan fingerprint density at radius 2 is 2.18 bits per heavy atom. The van der Waals surface area contributed by atoms with Gasteiger partial charge in [0.15, 0.2) is 11.0 Å². The van der Waals surface area contributed by atoms with Crippen molar-refractivity contribution in [3.8, 4) is 11.4 Å². The number of para-hydroxylation sites is 1. The molecule has 3 heterocycles. The van der Waals surface area contributed by atoms with E-state index in [1.165, 1.54) is 23.9 Å². The first kappa shape index (κ1) is 21.9. The highest BCUT2D eigenvalue weighted by atomic mass is 35.5. The lowest BCUT2D eigenvalue weighted by Crippen LogP contribution is -2.18. The molecule has 2 N–H and O–H groups in total. The number of hydrogen-bond acceptors (Lipinski definition) is 5. The van der Waals surface area contributed by atoms with E-state index in [0.717, 1.165) is 47.8 Å². The standard InChI is InChI=1S/C23H21ClFN5O2S/c24-14-7-8-20(18(25)10-14)27-21(31)13-33-23-29-28-22(30(23)12-15-4-3-9-32-15)17-11-26-19-6-2-1-5-16(17)19/h1-2,5-8,10-11,15,26H,3-4,9,12-13H2,(H,27,31). The number of aromatic nitrogens is 4. The number of benzene rings is 2. The molecule has 7 nitrogen and oxygen atoms in total. The maximum Gasteiger partial charge on any atom is 0.234 e. The van der Waals surface area contributed by atoms with E-state index in [0.29, 0.717) is 11.7 Å². The van der Waals surface area contributed by atoms with Crippen molar-refractivity contribution in [3.63, 3.8) is 0 Å². The molecule has 1 amide bonds. The van der Waals surface area contributed by atoms with E-state index < -0.39 is 5.82 Å². The summed E-state index contributed by atoms with van der Waals surface area (Å²) in [6, 6.07) is 12.1. The van der Waals surface area contributed by atoms with Gasteiger partial charge in [-0.05, 0) is 37.1 Å². The fraction of sp³-hybridized carbons (Fsp3) is 0.261. The Morgan fingerprint density at radius 1 is 1.30 bits per heavy atom. The van der Waals surface area contributed by atoms with Crippen LogP contribution in [0.5, 0.6) is 0 Å². The van der Waals surface area contributed by atoms with Crippen LogP contribution in [-0.4, -0.2) is 44.1 Å². The van der Waals surface area contributed by atoms with Gasteiger partial charge in [0.1, 0.15) is 5.82 Å². The number of carbonyl (C=O) groups excluding carboxylic acids is 1. The third-order valence-corrected chi connectivity index (χ3v) is 6.70. The fourth-order valence-electron chi connectivity index (χ4n) is 3.92. The molecule has 170 valence electrons. The Balaban J connectivity index is 1.38. The Bertz CT molecular complexity index is 1300. The van der Waals surface area contributed by atoms with Gasteiger partial charge in [0.25, 0.3) is 0 Å². The summed E-state index contributed by atoms with van der Waals surface area (Å²) in [5.74, 6) is -0.153. The molecule has 0 aliphatic carbocycles. The summed E-state index contributed by atoms with van der Waals surface area (Å²) < 4.78 is 21.9. The number of carbonyl (C=O) groups is 1. The van der Waals surface area contributed by atoms with E-state index in [4.69, 9.17) is 16.3 Å². The number of aromatic amines is 1. The van der Waals surface area contributed by atoms with Gasteiger partial charge in [-0.2, -0.15) is 0 Å². The molecule has 5 rings (SSSR count). The highest BCUT2D eigenvalue weighted by molar-refractivity contribution is 7.99. The number of anilines is 1. The third kappa shape index (κ3) is 4.75. The van der Waals surface area contributed by atoms with Gasteiger partial charge >= 0.3 is 0 Å². The predicted octanol–water partition coefficient (Wildman–Crippen LogP) is 5.13. The third-order valence-electron chi connectivity index (χ3n) is 5.49. The van der Waals surface area contributed by atoms with Crippen molar-refractivity contribution >= 4 is 45.9 Å². The molecule has 1 fully saturated rings. The van der Waals surface area contributed by atoms with Gasteiger partial charge in [-0.1, -0.05) is 41.6 Å². The molecular formula is C23H21ClFN5O2S. The maximum atomic E-state index is 14.0. The largest absolute Gasteiger partial charge is 0.376 e. The minimum absolute atomic E-state index is 0.0552. The number of amides is 1. The molecule has 0 radical (unpaired) electrons. The molecule has 0 bridgehead atoms. The summed E-state index contributed by atoms with van der Waals surface area (Å²) in [4.78, 5) is 15.7. The van der Waals surface area contributed by atoms with Crippen LogP contribution in [0.3, 0.4) is 0 Å². The minimum atomic E-state index is -0.580. The van der Waals surface area contributed by atoms with Crippen molar-refractivity contribution in [2.75, 3.05) is 17.7 Å². The molecule has 1 aliphatic rings. The van der Waals surface area contributed by atoms with Crippen LogP contribution in [-0.2, 0) is 16.1 Å². The number of halogens is 2. The number of nitrogens with one attached hydrogen (secondary N) is 2. The lowest BCUT2D eigenvalue weighted by Gasteiger charge is -2.14. The molecule has 2 aromatic heterocycles. The molecule has 1 unspecified atom stereocenters. The average Bonchev–Trinajstić information content (AvgIpc) is 3.55. The Labute approximate surface area is 198 Å². The number of ether oxygens (including phenoxy) is 1. The predicted molar refractivity (Wildman–Crippen MR) is 127 cm³/mol. The van der Waals surface area contributed by atoms with Gasteiger partial charge < -0.3 is 15.0 Å². The van der Waals surface area contributed by atoms with E-state index in [-0.39, 0.29) is 28.5 Å². The van der Waals surface area contributed by atoms with Gasteiger partial charge in [-0.15, -0.1) is 10.2 Å². The quantitative estimate of drug-likeness (QED) is 0.354. The first-order valence-electron chi connectivity index (χ1n) is 10.6. The summed E-state index contributed by atoms with van der Waals surface area (Å²) >= 11 is 7.03. The van der Waals surface area contributed by atoms with Crippen molar-refractivity contribution in [1.82, 2.24) is 19.7 Å². The first-order valence-corrected chi connectivity index (χ1v) is 11.9. The number of fused-ring (bicyclic) bond motifs is 1. The molecule has 1 saturated heterocycles. The van der Waals surface area contributed by atoms with Crippen LogP contribution in [0.4, 0.5) is 10.1 Å². The normalized spacial score (nSPS) is 15.9. The molecule has 33 heavy (non-hydrogen) atoms. The van der Waals surface area contributed by atoms with Gasteiger partial charge in [-0.25, -0.2) is 4.39 Å². The molecule has 0 saturated carbocycles. The number of H-pyrrole nitrogens is 1. The molecule has 1 atom stereocenters. The summed E-state index contributed by atoms with van der Waals surface area (Å²) in [6.07, 6.45) is 3.98. The zero-order valence-electron chi connectivity index (χ0n) is 17.6. The monoisotopic (exact) mass is 485 g/mol. The first-order chi connectivity index (χ1) is 16.1. The number of hydrogen-bond donors (Lipinski definition) is 2. The SMILES string of the molecule is O=C(CSc1nnc(-c2c[nH]c3ccccc23)n1CC1CCCO1)Nc1ccc(Cl)cc1F. The van der Waals surface area contributed by atoms with Crippen molar-refractivity contribution in [2.45, 2.75) is 30.6 Å². The van der Waals surface area contributed by atoms with Crippen molar-refractivity contribution in [3.05, 3.63) is 59.5 Å². The fourth-order valence-corrected chi connectivity index (χ4v) is 4.82. The van der Waals surface area contributed by atoms with Crippen LogP contribution in [0.2, 0.25) is 5.02 Å². The van der Waals surface area contributed by atoms with E-state index in [1.54, 1.807) is 0 Å². The smallest absolute Gasteiger partial charge is 0.234 e. The zero-order chi connectivity index (χ0) is 22.8. The number of rotatable bonds is 7. The Morgan fingerprint density at radius 3 is 3.00 bits per heavy atom.